The highest BCUT2D eigenvalue weighted by Gasteiger charge is 2.16. The third kappa shape index (κ3) is 5.31. The molecule has 23 heavy (non-hydrogen) atoms. The van der Waals surface area contributed by atoms with Gasteiger partial charge in [-0.2, -0.15) is 0 Å². The minimum atomic E-state index is -2.17. The topological polar surface area (TPSA) is 60.7 Å². The van der Waals surface area contributed by atoms with E-state index in [4.69, 9.17) is 15.1 Å². The fourth-order valence-corrected chi connectivity index (χ4v) is 2.31. The Hall–Kier alpha value is -2.53. The van der Waals surface area contributed by atoms with E-state index in [-0.39, 0.29) is 0 Å². The smallest absolute Gasteiger partial charge is 0.402 e. The molecule has 0 aliphatic heterocycles. The summed E-state index contributed by atoms with van der Waals surface area (Å²) in [5.41, 5.74) is 5.03. The van der Waals surface area contributed by atoms with Crippen molar-refractivity contribution >= 4 is 12.9 Å². The number of rotatable bonds is 2. The lowest BCUT2D eigenvalue weighted by molar-refractivity contribution is 0.278. The standard InChI is InChI=1S/C19H15.BH3O3/c1-4-10-16(11-5-1)19(17-12-6-2-7-13-17)18-14-8-3-9-15-18;2-1(3)4/h1-15H;2-4H/q+1;. The highest BCUT2D eigenvalue weighted by Crippen LogP contribution is 2.29. The predicted molar refractivity (Wildman–Crippen MR) is 93.9 cm³/mol. The lowest BCUT2D eigenvalue weighted by Gasteiger charge is -2.08. The highest BCUT2D eigenvalue weighted by molar-refractivity contribution is 6.30. The first-order chi connectivity index (χ1) is 11.2. The SMILES string of the molecule is C1=C[CH+]C(=C(c2ccccc2)c2ccccc2)C=C1.OB(O)O. The Morgan fingerprint density at radius 2 is 1.22 bits per heavy atom. The fourth-order valence-electron chi connectivity index (χ4n) is 2.31. The van der Waals surface area contributed by atoms with Crippen LogP contribution in [-0.2, 0) is 0 Å². The van der Waals surface area contributed by atoms with Gasteiger partial charge in [-0.3, -0.25) is 0 Å². The minimum Gasteiger partial charge on any atom is -0.402 e. The van der Waals surface area contributed by atoms with Crippen LogP contribution in [0.3, 0.4) is 0 Å². The lowest BCUT2D eigenvalue weighted by atomic mass is 9.90. The van der Waals surface area contributed by atoms with E-state index in [0.29, 0.717) is 0 Å². The average Bonchev–Trinajstić information content (AvgIpc) is 2.58. The molecule has 114 valence electrons. The van der Waals surface area contributed by atoms with Crippen LogP contribution >= 0.6 is 0 Å². The molecule has 4 heteroatoms. The Balaban J connectivity index is 0.000000433. The summed E-state index contributed by atoms with van der Waals surface area (Å²) in [5, 5.41) is 21.5. The molecular weight excluding hydrogens is 287 g/mol. The molecule has 2 aromatic rings. The molecule has 3 rings (SSSR count). The zero-order valence-corrected chi connectivity index (χ0v) is 12.6. The van der Waals surface area contributed by atoms with E-state index < -0.39 is 7.32 Å². The molecule has 2 aromatic carbocycles. The Bertz CT molecular complexity index is 645. The molecule has 0 radical (unpaired) electrons. The van der Waals surface area contributed by atoms with Gasteiger partial charge in [-0.1, -0.05) is 36.4 Å². The second kappa shape index (κ2) is 8.81. The van der Waals surface area contributed by atoms with Gasteiger partial charge in [0, 0.05) is 41.9 Å². The van der Waals surface area contributed by atoms with Crippen molar-refractivity contribution in [3.05, 3.63) is 108 Å². The van der Waals surface area contributed by atoms with Gasteiger partial charge in [0.2, 0.25) is 0 Å². The summed E-state index contributed by atoms with van der Waals surface area (Å²) in [6.45, 7) is 0. The second-order valence-corrected chi connectivity index (χ2v) is 4.82. The summed E-state index contributed by atoms with van der Waals surface area (Å²) in [7, 11) is -2.17. The van der Waals surface area contributed by atoms with Gasteiger partial charge >= 0.3 is 7.32 Å². The Morgan fingerprint density at radius 3 is 1.61 bits per heavy atom. The van der Waals surface area contributed by atoms with Crippen molar-refractivity contribution < 1.29 is 15.1 Å². The summed E-state index contributed by atoms with van der Waals surface area (Å²) in [5.74, 6) is 0. The molecule has 0 aromatic heterocycles. The maximum Gasteiger partial charge on any atom is 0.631 e. The summed E-state index contributed by atoms with van der Waals surface area (Å²) in [6.07, 6.45) is 10.5. The minimum absolute atomic E-state index is 1.25. The fraction of sp³-hybridized carbons (Fsp3) is 0. The van der Waals surface area contributed by atoms with Crippen LogP contribution in [0.15, 0.2) is 90.5 Å². The molecule has 1 aliphatic carbocycles. The van der Waals surface area contributed by atoms with Crippen molar-refractivity contribution in [2.24, 2.45) is 0 Å². The van der Waals surface area contributed by atoms with Crippen LogP contribution in [0, 0.1) is 6.42 Å². The lowest BCUT2D eigenvalue weighted by Crippen LogP contribution is -2.07. The summed E-state index contributed by atoms with van der Waals surface area (Å²) < 4.78 is 0. The molecule has 0 saturated carbocycles. The average molecular weight is 305 g/mol. The van der Waals surface area contributed by atoms with Crippen molar-refractivity contribution in [1.29, 1.82) is 0 Å². The van der Waals surface area contributed by atoms with Crippen LogP contribution in [0.2, 0.25) is 0 Å². The van der Waals surface area contributed by atoms with Gasteiger partial charge < -0.3 is 15.1 Å². The molecule has 3 nitrogen and oxygen atoms in total. The van der Waals surface area contributed by atoms with E-state index in [9.17, 15) is 0 Å². The van der Waals surface area contributed by atoms with Crippen LogP contribution in [0.5, 0.6) is 0 Å². The van der Waals surface area contributed by atoms with Crippen LogP contribution in [0.1, 0.15) is 11.1 Å². The molecule has 0 spiro atoms. The largest absolute Gasteiger partial charge is 0.631 e. The molecule has 0 unspecified atom stereocenters. The van der Waals surface area contributed by atoms with Gasteiger partial charge in [-0.05, 0) is 24.3 Å². The van der Waals surface area contributed by atoms with E-state index in [2.05, 4.69) is 91.4 Å². The maximum absolute atomic E-state index is 7.17. The van der Waals surface area contributed by atoms with E-state index in [1.54, 1.807) is 0 Å². The zero-order chi connectivity index (χ0) is 16.5. The van der Waals surface area contributed by atoms with Gasteiger partial charge in [0.25, 0.3) is 0 Å². The summed E-state index contributed by atoms with van der Waals surface area (Å²) in [4.78, 5) is 0. The monoisotopic (exact) mass is 305 g/mol. The molecule has 0 fully saturated rings. The quantitative estimate of drug-likeness (QED) is 0.590. The predicted octanol–water partition coefficient (Wildman–Crippen LogP) is 2.77. The number of benzene rings is 2. The van der Waals surface area contributed by atoms with E-state index in [1.807, 2.05) is 0 Å². The maximum atomic E-state index is 7.17. The summed E-state index contributed by atoms with van der Waals surface area (Å²) in [6, 6.07) is 21.1. The van der Waals surface area contributed by atoms with Crippen molar-refractivity contribution in [3.8, 4) is 0 Å². The summed E-state index contributed by atoms with van der Waals surface area (Å²) >= 11 is 0. The van der Waals surface area contributed by atoms with Gasteiger partial charge in [0.15, 0.2) is 0 Å². The van der Waals surface area contributed by atoms with E-state index >= 15 is 0 Å². The van der Waals surface area contributed by atoms with Crippen LogP contribution in [-0.4, -0.2) is 22.4 Å². The normalized spacial score (nSPS) is 12.0. The van der Waals surface area contributed by atoms with E-state index in [1.165, 1.54) is 22.3 Å². The molecular formula is C19H18BO3+. The van der Waals surface area contributed by atoms with Crippen molar-refractivity contribution in [2.75, 3.05) is 0 Å². The molecule has 0 saturated heterocycles. The number of hydrogen-bond acceptors (Lipinski definition) is 3. The van der Waals surface area contributed by atoms with Gasteiger partial charge in [-0.25, -0.2) is 0 Å². The first kappa shape index (κ1) is 16.8. The Labute approximate surface area is 136 Å². The molecule has 0 bridgehead atoms. The first-order valence-corrected chi connectivity index (χ1v) is 7.26. The zero-order valence-electron chi connectivity index (χ0n) is 12.6. The molecule has 3 N–H and O–H groups in total. The molecule has 1 aliphatic rings. The Morgan fingerprint density at radius 1 is 0.739 bits per heavy atom. The van der Waals surface area contributed by atoms with Crippen LogP contribution in [0.25, 0.3) is 5.57 Å². The van der Waals surface area contributed by atoms with Crippen LogP contribution < -0.4 is 0 Å². The Kier molecular flexibility index (Phi) is 6.45. The van der Waals surface area contributed by atoms with Crippen LogP contribution in [0.4, 0.5) is 0 Å². The van der Waals surface area contributed by atoms with Crippen molar-refractivity contribution in [3.63, 3.8) is 0 Å². The highest BCUT2D eigenvalue weighted by atomic mass is 16.5. The molecule has 0 amide bonds. The van der Waals surface area contributed by atoms with E-state index in [0.717, 1.165) is 0 Å². The van der Waals surface area contributed by atoms with Crippen molar-refractivity contribution in [1.82, 2.24) is 0 Å². The first-order valence-electron chi connectivity index (χ1n) is 7.26. The third-order valence-corrected chi connectivity index (χ3v) is 3.19. The molecule has 0 heterocycles. The number of hydrogen-bond donors (Lipinski definition) is 3. The van der Waals surface area contributed by atoms with Crippen molar-refractivity contribution in [2.45, 2.75) is 0 Å². The van der Waals surface area contributed by atoms with Gasteiger partial charge in [-0.15, -0.1) is 0 Å². The van der Waals surface area contributed by atoms with Gasteiger partial charge in [0.05, 0.1) is 5.57 Å². The number of allylic oxidation sites excluding steroid dienone is 5. The third-order valence-electron chi connectivity index (χ3n) is 3.19. The molecule has 0 atom stereocenters. The van der Waals surface area contributed by atoms with Gasteiger partial charge in [0.1, 0.15) is 5.57 Å². The second-order valence-electron chi connectivity index (χ2n) is 4.82.